The van der Waals surface area contributed by atoms with Crippen LogP contribution in [0.5, 0.6) is 11.5 Å². The van der Waals surface area contributed by atoms with Crippen molar-refractivity contribution in [1.82, 2.24) is 15.5 Å². The average Bonchev–Trinajstić information content (AvgIpc) is 3.45. The highest BCUT2D eigenvalue weighted by atomic mass is 16.7. The molecule has 0 radical (unpaired) electrons. The Morgan fingerprint density at radius 3 is 2.73 bits per heavy atom. The van der Waals surface area contributed by atoms with Crippen molar-refractivity contribution in [1.29, 1.82) is 0 Å². The Morgan fingerprint density at radius 1 is 1.13 bits per heavy atom. The van der Waals surface area contributed by atoms with E-state index in [9.17, 15) is 4.79 Å². The molecule has 0 aliphatic carbocycles. The number of nitrogens with zero attached hydrogens (tertiary/aromatic N) is 2. The van der Waals surface area contributed by atoms with E-state index in [1.807, 2.05) is 48.5 Å². The van der Waals surface area contributed by atoms with Crippen LogP contribution in [0, 0.1) is 5.92 Å². The molecule has 30 heavy (non-hydrogen) atoms. The number of rotatable bonds is 8. The summed E-state index contributed by atoms with van der Waals surface area (Å²) in [7, 11) is 0. The lowest BCUT2D eigenvalue weighted by atomic mass is 9.98. The van der Waals surface area contributed by atoms with Crippen LogP contribution in [0.25, 0.3) is 11.4 Å². The van der Waals surface area contributed by atoms with Gasteiger partial charge in [0.05, 0.1) is 0 Å². The lowest BCUT2D eigenvalue weighted by molar-refractivity contribution is -0.122. The molecule has 4 rings (SSSR count). The minimum absolute atomic E-state index is 0.0352. The summed E-state index contributed by atoms with van der Waals surface area (Å²) < 4.78 is 16.3. The number of carbonyl (C=O) groups excluding carboxylic acids is 1. The topological polar surface area (TPSA) is 86.5 Å². The molecule has 156 valence electrons. The van der Waals surface area contributed by atoms with E-state index in [-0.39, 0.29) is 24.7 Å². The quantitative estimate of drug-likeness (QED) is 0.599. The summed E-state index contributed by atoms with van der Waals surface area (Å²) in [5.74, 6) is 2.33. The van der Waals surface area contributed by atoms with Gasteiger partial charge in [0, 0.05) is 12.0 Å². The monoisotopic (exact) mass is 407 g/mol. The highest BCUT2D eigenvalue weighted by molar-refractivity contribution is 5.76. The minimum Gasteiger partial charge on any atom is -0.454 e. The second kappa shape index (κ2) is 8.98. The third kappa shape index (κ3) is 4.45. The molecule has 0 fully saturated rings. The normalized spacial score (nSPS) is 14.3. The number of hydrogen-bond acceptors (Lipinski definition) is 6. The van der Waals surface area contributed by atoms with Gasteiger partial charge < -0.3 is 19.3 Å². The Hall–Kier alpha value is -3.35. The van der Waals surface area contributed by atoms with Crippen molar-refractivity contribution < 1.29 is 18.8 Å². The standard InChI is InChI=1S/C23H25N3O4/c1-3-15(2)21(24-20(27)12-9-16-7-5-4-6-8-16)23-25-22(26-30-23)17-10-11-18-19(13-17)29-14-28-18/h4-8,10-11,13,15,21H,3,9,12,14H2,1-2H3,(H,24,27)/t15-,21-/m0/s1. The molecule has 7 heteroatoms. The van der Waals surface area contributed by atoms with Crippen LogP contribution in [0.1, 0.15) is 44.2 Å². The van der Waals surface area contributed by atoms with Crippen LogP contribution in [0.15, 0.2) is 53.1 Å². The van der Waals surface area contributed by atoms with Gasteiger partial charge in [0.2, 0.25) is 24.4 Å². The van der Waals surface area contributed by atoms with Gasteiger partial charge in [0.15, 0.2) is 11.5 Å². The van der Waals surface area contributed by atoms with Gasteiger partial charge in [-0.3, -0.25) is 4.79 Å². The maximum Gasteiger partial charge on any atom is 0.249 e. The number of nitrogens with one attached hydrogen (secondary N) is 1. The zero-order valence-corrected chi connectivity index (χ0v) is 17.1. The predicted molar refractivity (Wildman–Crippen MR) is 111 cm³/mol. The molecule has 0 unspecified atom stereocenters. The van der Waals surface area contributed by atoms with Crippen LogP contribution in [0.2, 0.25) is 0 Å². The number of benzene rings is 2. The first-order valence-corrected chi connectivity index (χ1v) is 10.2. The Labute approximate surface area is 175 Å². The van der Waals surface area contributed by atoms with E-state index in [0.29, 0.717) is 36.1 Å². The summed E-state index contributed by atoms with van der Waals surface area (Å²) in [6, 6.07) is 15.1. The summed E-state index contributed by atoms with van der Waals surface area (Å²) >= 11 is 0. The number of ether oxygens (including phenoxy) is 2. The Kier molecular flexibility index (Phi) is 5.97. The average molecular weight is 407 g/mol. The second-order valence-electron chi connectivity index (χ2n) is 7.44. The van der Waals surface area contributed by atoms with E-state index < -0.39 is 0 Å². The van der Waals surface area contributed by atoms with Gasteiger partial charge in [-0.15, -0.1) is 0 Å². The third-order valence-electron chi connectivity index (χ3n) is 5.35. The molecule has 0 saturated heterocycles. The van der Waals surface area contributed by atoms with Crippen LogP contribution < -0.4 is 14.8 Å². The summed E-state index contributed by atoms with van der Waals surface area (Å²) in [6.45, 7) is 4.34. The fourth-order valence-corrected chi connectivity index (χ4v) is 3.35. The molecule has 0 saturated carbocycles. The molecule has 1 aromatic heterocycles. The van der Waals surface area contributed by atoms with E-state index in [1.165, 1.54) is 0 Å². The molecular weight excluding hydrogens is 382 g/mol. The van der Waals surface area contributed by atoms with Gasteiger partial charge in [-0.05, 0) is 36.1 Å². The van der Waals surface area contributed by atoms with Crippen LogP contribution in [0.4, 0.5) is 0 Å². The number of amides is 1. The van der Waals surface area contributed by atoms with Gasteiger partial charge in [0.1, 0.15) is 6.04 Å². The van der Waals surface area contributed by atoms with E-state index >= 15 is 0 Å². The highest BCUT2D eigenvalue weighted by Crippen LogP contribution is 2.35. The van der Waals surface area contributed by atoms with E-state index in [4.69, 9.17) is 14.0 Å². The molecule has 1 N–H and O–H groups in total. The van der Waals surface area contributed by atoms with E-state index in [2.05, 4.69) is 29.3 Å². The molecule has 1 aliphatic rings. The third-order valence-corrected chi connectivity index (χ3v) is 5.35. The molecule has 0 bridgehead atoms. The van der Waals surface area contributed by atoms with Crippen LogP contribution in [-0.2, 0) is 11.2 Å². The molecule has 1 aliphatic heterocycles. The van der Waals surface area contributed by atoms with Crippen molar-refractivity contribution in [2.24, 2.45) is 5.92 Å². The SMILES string of the molecule is CC[C@H](C)[C@H](NC(=O)CCc1ccccc1)c1nc(-c2ccc3c(c2)OCO3)no1. The summed E-state index contributed by atoms with van der Waals surface area (Å²) in [4.78, 5) is 17.2. The number of carbonyl (C=O) groups is 1. The van der Waals surface area contributed by atoms with Gasteiger partial charge in [-0.1, -0.05) is 55.8 Å². The molecule has 2 atom stereocenters. The van der Waals surface area contributed by atoms with Crippen molar-refractivity contribution in [2.45, 2.75) is 39.2 Å². The summed E-state index contributed by atoms with van der Waals surface area (Å²) in [5.41, 5.74) is 1.91. The molecule has 1 amide bonds. The molecule has 2 heterocycles. The Bertz CT molecular complexity index is 1000. The van der Waals surface area contributed by atoms with Crippen molar-refractivity contribution in [3.05, 3.63) is 60.0 Å². The first kappa shape index (κ1) is 19.9. The maximum absolute atomic E-state index is 12.6. The smallest absolute Gasteiger partial charge is 0.249 e. The van der Waals surface area contributed by atoms with Gasteiger partial charge in [-0.2, -0.15) is 4.98 Å². The van der Waals surface area contributed by atoms with E-state index in [0.717, 1.165) is 17.5 Å². The molecule has 3 aromatic rings. The molecule has 7 nitrogen and oxygen atoms in total. The maximum atomic E-state index is 12.6. The lowest BCUT2D eigenvalue weighted by Gasteiger charge is -2.20. The van der Waals surface area contributed by atoms with E-state index in [1.54, 1.807) is 0 Å². The number of aromatic nitrogens is 2. The van der Waals surface area contributed by atoms with Crippen LogP contribution in [-0.4, -0.2) is 22.8 Å². The lowest BCUT2D eigenvalue weighted by Crippen LogP contribution is -2.32. The number of hydrogen-bond donors (Lipinski definition) is 1. The fraction of sp³-hybridized carbons (Fsp3) is 0.348. The van der Waals surface area contributed by atoms with Crippen LogP contribution >= 0.6 is 0 Å². The number of fused-ring (bicyclic) bond motifs is 1. The molecule has 0 spiro atoms. The van der Waals surface area contributed by atoms with Crippen molar-refractivity contribution >= 4 is 5.91 Å². The Balaban J connectivity index is 1.46. The fourth-order valence-electron chi connectivity index (χ4n) is 3.35. The summed E-state index contributed by atoms with van der Waals surface area (Å²) in [5, 5.41) is 7.20. The first-order valence-electron chi connectivity index (χ1n) is 10.2. The van der Waals surface area contributed by atoms with Gasteiger partial charge >= 0.3 is 0 Å². The van der Waals surface area contributed by atoms with Crippen molar-refractivity contribution in [2.75, 3.05) is 6.79 Å². The van der Waals surface area contributed by atoms with Crippen molar-refractivity contribution in [3.63, 3.8) is 0 Å². The van der Waals surface area contributed by atoms with Gasteiger partial charge in [-0.25, -0.2) is 0 Å². The van der Waals surface area contributed by atoms with Crippen LogP contribution in [0.3, 0.4) is 0 Å². The largest absolute Gasteiger partial charge is 0.454 e. The highest BCUT2D eigenvalue weighted by Gasteiger charge is 2.27. The Morgan fingerprint density at radius 2 is 1.93 bits per heavy atom. The predicted octanol–water partition coefficient (Wildman–Crippen LogP) is 4.30. The zero-order valence-electron chi connectivity index (χ0n) is 17.1. The van der Waals surface area contributed by atoms with Crippen molar-refractivity contribution in [3.8, 4) is 22.9 Å². The van der Waals surface area contributed by atoms with Gasteiger partial charge in [0.25, 0.3) is 0 Å². The first-order chi connectivity index (χ1) is 14.6. The summed E-state index contributed by atoms with van der Waals surface area (Å²) in [6.07, 6.45) is 1.96. The zero-order chi connectivity index (χ0) is 20.9. The second-order valence-corrected chi connectivity index (χ2v) is 7.44. The molecular formula is C23H25N3O4. The number of aryl methyl sites for hydroxylation is 1. The molecule has 2 aromatic carbocycles. The minimum atomic E-state index is -0.339.